The maximum absolute atomic E-state index is 11.6. The second-order valence-corrected chi connectivity index (χ2v) is 3.47. The van der Waals surface area contributed by atoms with Crippen LogP contribution < -0.4 is 10.9 Å². The topological polar surface area (TPSA) is 73.0 Å². The van der Waals surface area contributed by atoms with E-state index in [1.165, 1.54) is 4.57 Å². The fourth-order valence-electron chi connectivity index (χ4n) is 1.29. The molecule has 0 aromatic carbocycles. The van der Waals surface area contributed by atoms with E-state index >= 15 is 0 Å². The lowest BCUT2D eigenvalue weighted by molar-refractivity contribution is 0.391. The number of nitrogens with one attached hydrogen (secondary N) is 1. The molecule has 84 valence electrons. The largest absolute Gasteiger partial charge is 0.361 e. The minimum Gasteiger partial charge on any atom is -0.361 e. The van der Waals surface area contributed by atoms with Gasteiger partial charge in [-0.05, 0) is 6.92 Å². The van der Waals surface area contributed by atoms with Crippen molar-refractivity contribution in [3.8, 4) is 0 Å². The molecule has 0 amide bonds. The molecule has 1 N–H and O–H groups in total. The molecule has 0 bridgehead atoms. The van der Waals surface area contributed by atoms with Crippen LogP contribution in [0.1, 0.15) is 11.5 Å². The van der Waals surface area contributed by atoms with Gasteiger partial charge < -0.3 is 14.4 Å². The third kappa shape index (κ3) is 2.10. The summed E-state index contributed by atoms with van der Waals surface area (Å²) in [5, 5.41) is 6.73. The highest BCUT2D eigenvalue weighted by Gasteiger charge is 2.04. The lowest BCUT2D eigenvalue weighted by Gasteiger charge is -2.03. The molecule has 16 heavy (non-hydrogen) atoms. The van der Waals surface area contributed by atoms with Crippen molar-refractivity contribution < 1.29 is 4.52 Å². The summed E-state index contributed by atoms with van der Waals surface area (Å²) in [6.45, 7) is 2.24. The minimum atomic E-state index is -0.164. The minimum absolute atomic E-state index is 0.164. The number of aryl methyl sites for hydroxylation is 2. The molecule has 0 saturated heterocycles. The molecule has 0 radical (unpaired) electrons. The Balaban J connectivity index is 2.11. The van der Waals surface area contributed by atoms with Crippen molar-refractivity contribution in [1.82, 2.24) is 14.7 Å². The van der Waals surface area contributed by atoms with Crippen molar-refractivity contribution in [2.75, 3.05) is 5.32 Å². The quantitative estimate of drug-likeness (QED) is 0.823. The average Bonchev–Trinajstić information content (AvgIpc) is 2.67. The van der Waals surface area contributed by atoms with E-state index in [4.69, 9.17) is 4.52 Å². The third-order valence-corrected chi connectivity index (χ3v) is 2.13. The Morgan fingerprint density at radius 3 is 3.06 bits per heavy atom. The molecule has 0 saturated carbocycles. The van der Waals surface area contributed by atoms with Crippen LogP contribution in [-0.4, -0.2) is 14.7 Å². The lowest BCUT2D eigenvalue weighted by Crippen LogP contribution is -2.21. The third-order valence-electron chi connectivity index (χ3n) is 2.13. The van der Waals surface area contributed by atoms with Crippen molar-refractivity contribution in [3.05, 3.63) is 40.3 Å². The molecule has 0 aliphatic carbocycles. The van der Waals surface area contributed by atoms with Gasteiger partial charge in [-0.25, -0.2) is 4.98 Å². The van der Waals surface area contributed by atoms with E-state index in [2.05, 4.69) is 15.5 Å². The standard InChI is InChI=1S/C10H12N4O2/c1-7-5-8(13-16-7)6-12-9-10(15)14(2)4-3-11-9/h3-5H,6H2,1-2H3,(H,11,12). The first-order chi connectivity index (χ1) is 7.66. The highest BCUT2D eigenvalue weighted by atomic mass is 16.5. The summed E-state index contributed by atoms with van der Waals surface area (Å²) in [6, 6.07) is 1.81. The Hall–Kier alpha value is -2.11. The molecular formula is C10H12N4O2. The van der Waals surface area contributed by atoms with Crippen molar-refractivity contribution in [2.45, 2.75) is 13.5 Å². The van der Waals surface area contributed by atoms with Gasteiger partial charge >= 0.3 is 0 Å². The highest BCUT2D eigenvalue weighted by molar-refractivity contribution is 5.31. The van der Waals surface area contributed by atoms with E-state index in [0.29, 0.717) is 12.4 Å². The van der Waals surface area contributed by atoms with E-state index in [1.807, 2.05) is 6.92 Å². The smallest absolute Gasteiger partial charge is 0.293 e. The second-order valence-electron chi connectivity index (χ2n) is 3.47. The van der Waals surface area contributed by atoms with Gasteiger partial charge in [0.2, 0.25) is 0 Å². The van der Waals surface area contributed by atoms with Gasteiger partial charge in [0.25, 0.3) is 5.56 Å². The Bertz CT molecular complexity index is 544. The van der Waals surface area contributed by atoms with Gasteiger partial charge in [0.1, 0.15) is 11.5 Å². The monoisotopic (exact) mass is 220 g/mol. The molecule has 0 aliphatic rings. The molecule has 6 heteroatoms. The fraction of sp³-hybridized carbons (Fsp3) is 0.300. The fourth-order valence-corrected chi connectivity index (χ4v) is 1.29. The molecule has 0 aliphatic heterocycles. The van der Waals surface area contributed by atoms with Crippen LogP contribution in [0.5, 0.6) is 0 Å². The number of nitrogens with zero attached hydrogens (tertiary/aromatic N) is 3. The van der Waals surface area contributed by atoms with Crippen LogP contribution in [0, 0.1) is 6.92 Å². The summed E-state index contributed by atoms with van der Waals surface area (Å²) in [7, 11) is 1.68. The van der Waals surface area contributed by atoms with Crippen molar-refractivity contribution in [2.24, 2.45) is 7.05 Å². The van der Waals surface area contributed by atoms with Gasteiger partial charge in [-0.1, -0.05) is 5.16 Å². The Morgan fingerprint density at radius 1 is 1.56 bits per heavy atom. The summed E-state index contributed by atoms with van der Waals surface area (Å²) < 4.78 is 6.37. The first kappa shape index (κ1) is 10.4. The predicted octanol–water partition coefficient (Wildman–Crippen LogP) is 0.689. The van der Waals surface area contributed by atoms with Crippen LogP contribution in [0.15, 0.2) is 27.8 Å². The summed E-state index contributed by atoms with van der Waals surface area (Å²) >= 11 is 0. The summed E-state index contributed by atoms with van der Waals surface area (Å²) in [6.07, 6.45) is 3.17. The number of hydrogen-bond donors (Lipinski definition) is 1. The number of rotatable bonds is 3. The van der Waals surface area contributed by atoms with Crippen molar-refractivity contribution in [3.63, 3.8) is 0 Å². The van der Waals surface area contributed by atoms with E-state index in [0.717, 1.165) is 11.5 Å². The molecule has 2 rings (SSSR count). The molecule has 0 spiro atoms. The van der Waals surface area contributed by atoms with E-state index in [-0.39, 0.29) is 5.56 Å². The van der Waals surface area contributed by atoms with Gasteiger partial charge in [0, 0.05) is 25.5 Å². The summed E-state index contributed by atoms with van der Waals surface area (Å²) in [5.74, 6) is 1.05. The number of hydrogen-bond acceptors (Lipinski definition) is 5. The van der Waals surface area contributed by atoms with E-state index < -0.39 is 0 Å². The number of anilines is 1. The van der Waals surface area contributed by atoms with Crippen LogP contribution in [0.4, 0.5) is 5.82 Å². The van der Waals surface area contributed by atoms with Gasteiger partial charge in [0.15, 0.2) is 5.82 Å². The Labute approximate surface area is 91.9 Å². The normalized spacial score (nSPS) is 10.4. The van der Waals surface area contributed by atoms with Crippen molar-refractivity contribution >= 4 is 5.82 Å². The SMILES string of the molecule is Cc1cc(CNc2nccn(C)c2=O)no1. The maximum atomic E-state index is 11.6. The zero-order chi connectivity index (χ0) is 11.5. The first-order valence-corrected chi connectivity index (χ1v) is 4.84. The van der Waals surface area contributed by atoms with E-state index in [9.17, 15) is 4.79 Å². The van der Waals surface area contributed by atoms with Gasteiger partial charge in [-0.15, -0.1) is 0 Å². The molecule has 2 aromatic heterocycles. The molecular weight excluding hydrogens is 208 g/mol. The van der Waals surface area contributed by atoms with Gasteiger partial charge in [0.05, 0.1) is 6.54 Å². The van der Waals surface area contributed by atoms with Crippen LogP contribution >= 0.6 is 0 Å². The zero-order valence-electron chi connectivity index (χ0n) is 9.10. The molecule has 2 heterocycles. The Kier molecular flexibility index (Phi) is 2.72. The van der Waals surface area contributed by atoms with Crippen LogP contribution in [0.3, 0.4) is 0 Å². The second kappa shape index (κ2) is 4.18. The van der Waals surface area contributed by atoms with E-state index in [1.54, 1.807) is 25.5 Å². The van der Waals surface area contributed by atoms with Gasteiger partial charge in [-0.3, -0.25) is 4.79 Å². The molecule has 6 nitrogen and oxygen atoms in total. The average molecular weight is 220 g/mol. The number of aromatic nitrogens is 3. The maximum Gasteiger partial charge on any atom is 0.293 e. The molecule has 0 atom stereocenters. The molecule has 0 fully saturated rings. The molecule has 2 aromatic rings. The van der Waals surface area contributed by atoms with Gasteiger partial charge in [-0.2, -0.15) is 0 Å². The predicted molar refractivity (Wildman–Crippen MR) is 58.0 cm³/mol. The lowest BCUT2D eigenvalue weighted by atomic mass is 10.4. The Morgan fingerprint density at radius 2 is 2.38 bits per heavy atom. The summed E-state index contributed by atoms with van der Waals surface area (Å²) in [5.41, 5.74) is 0.577. The first-order valence-electron chi connectivity index (χ1n) is 4.84. The highest BCUT2D eigenvalue weighted by Crippen LogP contribution is 2.03. The summed E-state index contributed by atoms with van der Waals surface area (Å²) in [4.78, 5) is 15.5. The van der Waals surface area contributed by atoms with Crippen LogP contribution in [0.25, 0.3) is 0 Å². The van der Waals surface area contributed by atoms with Crippen LogP contribution in [-0.2, 0) is 13.6 Å². The van der Waals surface area contributed by atoms with Crippen molar-refractivity contribution in [1.29, 1.82) is 0 Å². The zero-order valence-corrected chi connectivity index (χ0v) is 9.10. The van der Waals surface area contributed by atoms with Crippen LogP contribution in [0.2, 0.25) is 0 Å². The molecule has 0 unspecified atom stereocenters.